The number of benzene rings is 1. The molecule has 0 saturated heterocycles. The van der Waals surface area contributed by atoms with E-state index < -0.39 is 21.7 Å². The highest BCUT2D eigenvalue weighted by Crippen LogP contribution is 2.20. The molecule has 0 aromatic heterocycles. The van der Waals surface area contributed by atoms with Gasteiger partial charge in [0.25, 0.3) is 0 Å². The molecule has 0 bridgehead atoms. The Balaban J connectivity index is 3.02. The van der Waals surface area contributed by atoms with Crippen molar-refractivity contribution in [1.82, 2.24) is 0 Å². The van der Waals surface area contributed by atoms with Crippen LogP contribution in [-0.2, 0) is 14.8 Å². The van der Waals surface area contributed by atoms with Gasteiger partial charge in [0.15, 0.2) is 0 Å². The Hall–Kier alpha value is -1.63. The molecule has 0 radical (unpaired) electrons. The average molecular weight is 246 g/mol. The van der Waals surface area contributed by atoms with Crippen LogP contribution < -0.4 is 10.0 Å². The molecule has 0 unspecified atom stereocenters. The van der Waals surface area contributed by atoms with E-state index in [1.807, 2.05) is 0 Å². The van der Waals surface area contributed by atoms with E-state index in [9.17, 15) is 17.6 Å². The molecule has 0 aliphatic rings. The number of carbonyl (C=O) groups excluding carboxylic acids is 1. The molecule has 1 amide bonds. The molecule has 16 heavy (non-hydrogen) atoms. The number of amides is 1. The lowest BCUT2D eigenvalue weighted by Crippen LogP contribution is -2.11. The first-order chi connectivity index (χ1) is 7.28. The topological polar surface area (TPSA) is 75.3 Å². The summed E-state index contributed by atoms with van der Waals surface area (Å²) in [6, 6.07) is 3.54. The number of carbonyl (C=O) groups is 1. The zero-order valence-corrected chi connectivity index (χ0v) is 9.56. The fourth-order valence-corrected chi connectivity index (χ4v) is 1.64. The lowest BCUT2D eigenvalue weighted by Gasteiger charge is -2.08. The van der Waals surface area contributed by atoms with Crippen molar-refractivity contribution < 1.29 is 17.6 Å². The minimum Gasteiger partial charge on any atom is -0.324 e. The van der Waals surface area contributed by atoms with Gasteiger partial charge in [-0.2, -0.15) is 0 Å². The van der Waals surface area contributed by atoms with E-state index in [1.54, 1.807) is 0 Å². The van der Waals surface area contributed by atoms with Crippen molar-refractivity contribution >= 4 is 27.3 Å². The summed E-state index contributed by atoms with van der Waals surface area (Å²) < 4.78 is 37.2. The van der Waals surface area contributed by atoms with Gasteiger partial charge in [0.1, 0.15) is 5.82 Å². The van der Waals surface area contributed by atoms with Gasteiger partial charge in [0.2, 0.25) is 15.9 Å². The first-order valence-corrected chi connectivity index (χ1v) is 6.22. The summed E-state index contributed by atoms with van der Waals surface area (Å²) in [7, 11) is -3.42. The number of hydrogen-bond donors (Lipinski definition) is 2. The highest BCUT2D eigenvalue weighted by atomic mass is 32.2. The quantitative estimate of drug-likeness (QED) is 0.840. The molecule has 0 spiro atoms. The molecule has 1 aromatic carbocycles. The Labute approximate surface area is 92.7 Å². The minimum absolute atomic E-state index is 0.0684. The summed E-state index contributed by atoms with van der Waals surface area (Å²) in [5, 5.41) is 2.25. The van der Waals surface area contributed by atoms with Gasteiger partial charge in [-0.1, -0.05) is 0 Å². The molecular formula is C9H11FN2O3S. The summed E-state index contributed by atoms with van der Waals surface area (Å²) >= 11 is 0. The largest absolute Gasteiger partial charge is 0.324 e. The molecule has 1 aromatic rings. The number of nitrogens with one attached hydrogen (secondary N) is 2. The second-order valence-electron chi connectivity index (χ2n) is 3.25. The Bertz CT molecular complexity index is 513. The minimum atomic E-state index is -3.42. The van der Waals surface area contributed by atoms with Gasteiger partial charge in [0, 0.05) is 6.92 Å². The van der Waals surface area contributed by atoms with Crippen LogP contribution in [0.25, 0.3) is 0 Å². The van der Waals surface area contributed by atoms with Crippen molar-refractivity contribution in [3.63, 3.8) is 0 Å². The van der Waals surface area contributed by atoms with Crippen LogP contribution in [0.2, 0.25) is 0 Å². The number of anilines is 2. The van der Waals surface area contributed by atoms with E-state index in [4.69, 9.17) is 0 Å². The molecule has 7 heteroatoms. The molecule has 2 N–H and O–H groups in total. The summed E-state index contributed by atoms with van der Waals surface area (Å²) in [6.45, 7) is 1.23. The Morgan fingerprint density at radius 3 is 2.50 bits per heavy atom. The maximum Gasteiger partial charge on any atom is 0.229 e. The summed E-state index contributed by atoms with van der Waals surface area (Å²) in [4.78, 5) is 10.7. The second-order valence-corrected chi connectivity index (χ2v) is 5.00. The first kappa shape index (κ1) is 12.4. The normalized spacial score (nSPS) is 10.9. The monoisotopic (exact) mass is 246 g/mol. The Morgan fingerprint density at radius 2 is 2.00 bits per heavy atom. The van der Waals surface area contributed by atoms with Crippen LogP contribution in [0.3, 0.4) is 0 Å². The average Bonchev–Trinajstić information content (AvgIpc) is 2.07. The van der Waals surface area contributed by atoms with E-state index in [1.165, 1.54) is 19.1 Å². The summed E-state index contributed by atoms with van der Waals surface area (Å²) in [5.41, 5.74) is 0.119. The summed E-state index contributed by atoms with van der Waals surface area (Å²) in [6.07, 6.45) is 0.981. The van der Waals surface area contributed by atoms with Crippen molar-refractivity contribution in [2.45, 2.75) is 6.92 Å². The molecule has 0 atom stereocenters. The highest BCUT2D eigenvalue weighted by Gasteiger charge is 2.07. The van der Waals surface area contributed by atoms with Gasteiger partial charge >= 0.3 is 0 Å². The molecule has 88 valence electrons. The number of sulfonamides is 1. The van der Waals surface area contributed by atoms with Crippen molar-refractivity contribution in [1.29, 1.82) is 0 Å². The molecule has 0 saturated carbocycles. The standard InChI is InChI=1S/C9H11FN2O3S/c1-6(13)11-9-5-7(3-4-8(9)10)12-16(2,14)15/h3-5,12H,1-2H3,(H,11,13). The van der Waals surface area contributed by atoms with Gasteiger partial charge in [-0.15, -0.1) is 0 Å². The van der Waals surface area contributed by atoms with Gasteiger partial charge in [-0.05, 0) is 18.2 Å². The molecule has 5 nitrogen and oxygen atoms in total. The van der Waals surface area contributed by atoms with Gasteiger partial charge in [-0.3, -0.25) is 9.52 Å². The number of rotatable bonds is 3. The van der Waals surface area contributed by atoms with E-state index in [-0.39, 0.29) is 11.4 Å². The smallest absolute Gasteiger partial charge is 0.229 e. The van der Waals surface area contributed by atoms with Gasteiger partial charge < -0.3 is 5.32 Å². The van der Waals surface area contributed by atoms with Crippen LogP contribution in [-0.4, -0.2) is 20.6 Å². The number of hydrogen-bond acceptors (Lipinski definition) is 3. The number of halogens is 1. The first-order valence-electron chi connectivity index (χ1n) is 4.33. The molecule has 0 aliphatic heterocycles. The van der Waals surface area contributed by atoms with Gasteiger partial charge in [0.05, 0.1) is 17.6 Å². The van der Waals surface area contributed by atoms with Crippen LogP contribution in [0.4, 0.5) is 15.8 Å². The van der Waals surface area contributed by atoms with Crippen molar-refractivity contribution in [3.8, 4) is 0 Å². The molecule has 0 aliphatic carbocycles. The molecule has 0 fully saturated rings. The predicted octanol–water partition coefficient (Wildman–Crippen LogP) is 1.16. The van der Waals surface area contributed by atoms with Crippen molar-refractivity contribution in [3.05, 3.63) is 24.0 Å². The molecule has 1 rings (SSSR count). The maximum atomic E-state index is 13.2. The van der Waals surface area contributed by atoms with Crippen LogP contribution in [0.1, 0.15) is 6.92 Å². The molecular weight excluding hydrogens is 235 g/mol. The Morgan fingerprint density at radius 1 is 1.38 bits per heavy atom. The fraction of sp³-hybridized carbons (Fsp3) is 0.222. The van der Waals surface area contributed by atoms with E-state index in [0.29, 0.717) is 0 Å². The van der Waals surface area contributed by atoms with Crippen LogP contribution in [0.15, 0.2) is 18.2 Å². The highest BCUT2D eigenvalue weighted by molar-refractivity contribution is 7.92. The lowest BCUT2D eigenvalue weighted by atomic mass is 10.2. The summed E-state index contributed by atoms with van der Waals surface area (Å²) in [5.74, 6) is -1.07. The van der Waals surface area contributed by atoms with Gasteiger partial charge in [-0.25, -0.2) is 12.8 Å². The van der Waals surface area contributed by atoms with E-state index in [2.05, 4.69) is 10.0 Å². The molecule has 0 heterocycles. The van der Waals surface area contributed by atoms with Crippen molar-refractivity contribution in [2.24, 2.45) is 0 Å². The Kier molecular flexibility index (Phi) is 3.48. The van der Waals surface area contributed by atoms with Crippen molar-refractivity contribution in [2.75, 3.05) is 16.3 Å². The van der Waals surface area contributed by atoms with Crippen LogP contribution in [0.5, 0.6) is 0 Å². The SMILES string of the molecule is CC(=O)Nc1cc(NS(C)(=O)=O)ccc1F. The van der Waals surface area contributed by atoms with E-state index in [0.717, 1.165) is 12.3 Å². The second kappa shape index (κ2) is 4.48. The lowest BCUT2D eigenvalue weighted by molar-refractivity contribution is -0.114. The fourth-order valence-electron chi connectivity index (χ4n) is 1.09. The maximum absolute atomic E-state index is 13.2. The zero-order chi connectivity index (χ0) is 12.3. The third-order valence-electron chi connectivity index (χ3n) is 1.58. The third-order valence-corrected chi connectivity index (χ3v) is 2.19. The third kappa shape index (κ3) is 3.85. The zero-order valence-electron chi connectivity index (χ0n) is 8.74. The van der Waals surface area contributed by atoms with Crippen LogP contribution >= 0.6 is 0 Å². The predicted molar refractivity (Wildman–Crippen MR) is 59.2 cm³/mol. The van der Waals surface area contributed by atoms with E-state index >= 15 is 0 Å². The van der Waals surface area contributed by atoms with Crippen LogP contribution in [0, 0.1) is 5.82 Å².